The molecule has 7 heteroatoms. The Balaban J connectivity index is 2.46. The van der Waals surface area contributed by atoms with Crippen LogP contribution in [0.25, 0.3) is 0 Å². The lowest BCUT2D eigenvalue weighted by molar-refractivity contribution is 0.247. The van der Waals surface area contributed by atoms with E-state index in [1.54, 1.807) is 0 Å². The fourth-order valence-electron chi connectivity index (χ4n) is 2.47. The number of nitriles is 1. The lowest BCUT2D eigenvalue weighted by atomic mass is 10.0. The summed E-state index contributed by atoms with van der Waals surface area (Å²) in [5, 5.41) is 9.38. The maximum atomic E-state index is 12.7. The van der Waals surface area contributed by atoms with Crippen molar-refractivity contribution in [2.24, 2.45) is 5.73 Å². The zero-order valence-corrected chi connectivity index (χ0v) is 12.7. The Hall–Kier alpha value is -1.13. The van der Waals surface area contributed by atoms with E-state index in [0.29, 0.717) is 24.4 Å². The predicted octanol–water partition coefficient (Wildman–Crippen LogP) is 1.71. The first-order valence-corrected chi connectivity index (χ1v) is 8.15. The van der Waals surface area contributed by atoms with Crippen molar-refractivity contribution in [1.29, 1.82) is 5.26 Å². The molecule has 20 heavy (non-hydrogen) atoms. The Morgan fingerprint density at radius 2 is 2.20 bits per heavy atom. The number of halogens is 1. The van der Waals surface area contributed by atoms with Gasteiger partial charge in [0.15, 0.2) is 0 Å². The van der Waals surface area contributed by atoms with Crippen molar-refractivity contribution in [2.75, 3.05) is 6.54 Å². The SMILES string of the molecule is CC1CC(N)CCN1S(=O)(=O)c1cc(Cl)ccc1C#N. The fourth-order valence-corrected chi connectivity index (χ4v) is 4.53. The van der Waals surface area contributed by atoms with Crippen LogP contribution in [0.4, 0.5) is 0 Å². The first-order valence-electron chi connectivity index (χ1n) is 6.33. The van der Waals surface area contributed by atoms with Crippen LogP contribution in [0.3, 0.4) is 0 Å². The molecule has 1 aliphatic rings. The maximum absolute atomic E-state index is 12.7. The summed E-state index contributed by atoms with van der Waals surface area (Å²) in [5.41, 5.74) is 5.96. The van der Waals surface area contributed by atoms with E-state index in [9.17, 15) is 8.42 Å². The molecule has 1 aliphatic heterocycles. The summed E-state index contributed by atoms with van der Waals surface area (Å²) in [6, 6.07) is 6.00. The molecule has 0 amide bonds. The van der Waals surface area contributed by atoms with E-state index in [1.165, 1.54) is 22.5 Å². The summed E-state index contributed by atoms with van der Waals surface area (Å²) < 4.78 is 26.8. The van der Waals surface area contributed by atoms with Crippen LogP contribution < -0.4 is 5.73 Å². The molecular formula is C13H16ClN3O2S. The fraction of sp³-hybridized carbons (Fsp3) is 0.462. The normalized spacial score (nSPS) is 24.3. The first kappa shape index (κ1) is 15.3. The molecule has 5 nitrogen and oxygen atoms in total. The number of benzene rings is 1. The summed E-state index contributed by atoms with van der Waals surface area (Å²) in [6.07, 6.45) is 1.23. The highest BCUT2D eigenvalue weighted by atomic mass is 35.5. The van der Waals surface area contributed by atoms with Crippen molar-refractivity contribution in [2.45, 2.75) is 36.7 Å². The summed E-state index contributed by atoms with van der Waals surface area (Å²) in [5.74, 6) is 0. The molecule has 2 N–H and O–H groups in total. The van der Waals surface area contributed by atoms with Gasteiger partial charge in [-0.3, -0.25) is 0 Å². The second kappa shape index (κ2) is 5.70. The van der Waals surface area contributed by atoms with E-state index in [0.717, 1.165) is 0 Å². The third-order valence-corrected chi connectivity index (χ3v) is 5.80. The van der Waals surface area contributed by atoms with Gasteiger partial charge >= 0.3 is 0 Å². The van der Waals surface area contributed by atoms with Crippen LogP contribution in [0, 0.1) is 11.3 Å². The van der Waals surface area contributed by atoms with Gasteiger partial charge in [0, 0.05) is 23.7 Å². The third kappa shape index (κ3) is 2.81. The largest absolute Gasteiger partial charge is 0.328 e. The monoisotopic (exact) mass is 313 g/mol. The molecule has 1 aromatic carbocycles. The number of hydrogen-bond acceptors (Lipinski definition) is 4. The quantitative estimate of drug-likeness (QED) is 0.900. The molecule has 1 saturated heterocycles. The highest BCUT2D eigenvalue weighted by molar-refractivity contribution is 7.89. The van der Waals surface area contributed by atoms with E-state index in [1.807, 2.05) is 13.0 Å². The molecule has 0 radical (unpaired) electrons. The van der Waals surface area contributed by atoms with Crippen LogP contribution >= 0.6 is 11.6 Å². The molecular weight excluding hydrogens is 298 g/mol. The van der Waals surface area contributed by atoms with E-state index < -0.39 is 10.0 Å². The summed E-state index contributed by atoms with van der Waals surface area (Å²) in [7, 11) is -3.73. The molecule has 0 aliphatic carbocycles. The van der Waals surface area contributed by atoms with Gasteiger partial charge in [-0.25, -0.2) is 8.42 Å². The van der Waals surface area contributed by atoms with Crippen LogP contribution in [0.15, 0.2) is 23.1 Å². The van der Waals surface area contributed by atoms with Gasteiger partial charge in [0.2, 0.25) is 10.0 Å². The van der Waals surface area contributed by atoms with Crippen molar-refractivity contribution in [1.82, 2.24) is 4.31 Å². The minimum absolute atomic E-state index is 0.0197. The Morgan fingerprint density at radius 1 is 1.50 bits per heavy atom. The van der Waals surface area contributed by atoms with Crippen molar-refractivity contribution >= 4 is 21.6 Å². The van der Waals surface area contributed by atoms with Gasteiger partial charge in [-0.1, -0.05) is 11.6 Å². The van der Waals surface area contributed by atoms with Gasteiger partial charge in [-0.2, -0.15) is 9.57 Å². The summed E-state index contributed by atoms with van der Waals surface area (Å²) >= 11 is 5.87. The van der Waals surface area contributed by atoms with Crippen LogP contribution in [-0.2, 0) is 10.0 Å². The Bertz CT molecular complexity index is 654. The standard InChI is InChI=1S/C13H16ClN3O2S/c1-9-6-12(16)4-5-17(9)20(18,19)13-7-11(14)3-2-10(13)8-15/h2-3,7,9,12H,4-6,16H2,1H3. The van der Waals surface area contributed by atoms with Crippen molar-refractivity contribution in [3.05, 3.63) is 28.8 Å². The first-order chi connectivity index (χ1) is 9.36. The highest BCUT2D eigenvalue weighted by Gasteiger charge is 2.34. The zero-order chi connectivity index (χ0) is 14.9. The van der Waals surface area contributed by atoms with Gasteiger partial charge in [-0.15, -0.1) is 0 Å². The van der Waals surface area contributed by atoms with Crippen LogP contribution in [0.1, 0.15) is 25.3 Å². The molecule has 108 valence electrons. The van der Waals surface area contributed by atoms with E-state index in [4.69, 9.17) is 22.6 Å². The smallest absolute Gasteiger partial charge is 0.244 e. The third-order valence-electron chi connectivity index (χ3n) is 3.51. The molecule has 0 saturated carbocycles. The molecule has 0 spiro atoms. The highest BCUT2D eigenvalue weighted by Crippen LogP contribution is 2.28. The maximum Gasteiger partial charge on any atom is 0.244 e. The Morgan fingerprint density at radius 3 is 2.80 bits per heavy atom. The van der Waals surface area contributed by atoms with E-state index in [2.05, 4.69) is 0 Å². The van der Waals surface area contributed by atoms with Gasteiger partial charge < -0.3 is 5.73 Å². The van der Waals surface area contributed by atoms with Crippen LogP contribution in [-0.4, -0.2) is 31.4 Å². The van der Waals surface area contributed by atoms with Gasteiger partial charge in [0.05, 0.1) is 5.56 Å². The molecule has 2 atom stereocenters. The molecule has 1 aromatic rings. The van der Waals surface area contributed by atoms with Gasteiger partial charge in [0.1, 0.15) is 11.0 Å². The van der Waals surface area contributed by atoms with Crippen LogP contribution in [0.5, 0.6) is 0 Å². The van der Waals surface area contributed by atoms with Gasteiger partial charge in [-0.05, 0) is 38.0 Å². The van der Waals surface area contributed by atoms with E-state index in [-0.39, 0.29) is 22.5 Å². The van der Waals surface area contributed by atoms with Crippen molar-refractivity contribution in [3.63, 3.8) is 0 Å². The molecule has 2 unspecified atom stereocenters. The van der Waals surface area contributed by atoms with Crippen molar-refractivity contribution in [3.8, 4) is 6.07 Å². The summed E-state index contributed by atoms with van der Waals surface area (Å²) in [6.45, 7) is 2.19. The number of nitrogens with zero attached hydrogens (tertiary/aromatic N) is 2. The van der Waals surface area contributed by atoms with Crippen LogP contribution in [0.2, 0.25) is 5.02 Å². The number of piperidine rings is 1. The van der Waals surface area contributed by atoms with E-state index >= 15 is 0 Å². The van der Waals surface area contributed by atoms with Crippen molar-refractivity contribution < 1.29 is 8.42 Å². The Labute approximate surface area is 124 Å². The minimum Gasteiger partial charge on any atom is -0.328 e. The summed E-state index contributed by atoms with van der Waals surface area (Å²) in [4.78, 5) is -0.0326. The molecule has 0 bridgehead atoms. The van der Waals surface area contributed by atoms with Gasteiger partial charge in [0.25, 0.3) is 0 Å². The second-order valence-electron chi connectivity index (χ2n) is 5.00. The molecule has 1 heterocycles. The lowest BCUT2D eigenvalue weighted by Crippen LogP contribution is -2.48. The molecule has 1 fully saturated rings. The molecule has 2 rings (SSSR count). The lowest BCUT2D eigenvalue weighted by Gasteiger charge is -2.35. The average molecular weight is 314 g/mol. The average Bonchev–Trinajstić information content (AvgIpc) is 2.38. The zero-order valence-electron chi connectivity index (χ0n) is 11.1. The predicted molar refractivity (Wildman–Crippen MR) is 76.7 cm³/mol. The second-order valence-corrected chi connectivity index (χ2v) is 7.30. The number of rotatable bonds is 2. The number of sulfonamides is 1. The number of hydrogen-bond donors (Lipinski definition) is 1. The Kier molecular flexibility index (Phi) is 4.35. The molecule has 0 aromatic heterocycles. The minimum atomic E-state index is -3.73. The topological polar surface area (TPSA) is 87.2 Å². The number of nitrogens with two attached hydrogens (primary N) is 1.